The molecule has 0 bridgehead atoms. The average molecular weight is 244 g/mol. The molecule has 94 valence electrons. The Balaban J connectivity index is 2.50. The number of aryl methyl sites for hydroxylation is 2. The fourth-order valence-corrected chi connectivity index (χ4v) is 2.28. The summed E-state index contributed by atoms with van der Waals surface area (Å²) in [6.07, 6.45) is 0. The molecule has 0 radical (unpaired) electrons. The number of amides is 1. The summed E-state index contributed by atoms with van der Waals surface area (Å²) in [5, 5.41) is 12.1. The highest BCUT2D eigenvalue weighted by Gasteiger charge is 2.28. The van der Waals surface area contributed by atoms with E-state index in [0.717, 1.165) is 11.4 Å². The SMILES string of the molecule is Cc1cc(N2CCNC(=O)C2C)c(C#N)c(C)n1. The van der Waals surface area contributed by atoms with E-state index >= 15 is 0 Å². The van der Waals surface area contributed by atoms with Crippen molar-refractivity contribution in [3.05, 3.63) is 23.0 Å². The predicted molar refractivity (Wildman–Crippen MR) is 68.2 cm³/mol. The third-order valence-electron chi connectivity index (χ3n) is 3.23. The van der Waals surface area contributed by atoms with Crippen LogP contribution in [0.25, 0.3) is 0 Å². The van der Waals surface area contributed by atoms with Gasteiger partial charge in [-0.15, -0.1) is 0 Å². The molecule has 0 aromatic carbocycles. The summed E-state index contributed by atoms with van der Waals surface area (Å²) < 4.78 is 0. The van der Waals surface area contributed by atoms with Crippen LogP contribution in [0.3, 0.4) is 0 Å². The van der Waals surface area contributed by atoms with Gasteiger partial charge in [-0.1, -0.05) is 0 Å². The van der Waals surface area contributed by atoms with Gasteiger partial charge in [0.1, 0.15) is 12.1 Å². The highest BCUT2D eigenvalue weighted by Crippen LogP contribution is 2.25. The number of pyridine rings is 1. The molecule has 1 atom stereocenters. The zero-order valence-corrected chi connectivity index (χ0v) is 10.8. The molecular weight excluding hydrogens is 228 g/mol. The molecule has 5 heteroatoms. The first-order chi connectivity index (χ1) is 8.54. The summed E-state index contributed by atoms with van der Waals surface area (Å²) in [5.41, 5.74) is 2.94. The number of carbonyl (C=O) groups is 1. The Morgan fingerprint density at radius 2 is 2.28 bits per heavy atom. The molecule has 1 saturated heterocycles. The van der Waals surface area contributed by atoms with Crippen LogP contribution in [0.1, 0.15) is 23.9 Å². The van der Waals surface area contributed by atoms with Crippen molar-refractivity contribution in [1.29, 1.82) is 5.26 Å². The van der Waals surface area contributed by atoms with E-state index in [0.29, 0.717) is 24.3 Å². The second-order valence-electron chi connectivity index (χ2n) is 4.52. The highest BCUT2D eigenvalue weighted by molar-refractivity contribution is 5.86. The maximum Gasteiger partial charge on any atom is 0.242 e. The van der Waals surface area contributed by atoms with E-state index in [1.807, 2.05) is 31.7 Å². The van der Waals surface area contributed by atoms with Gasteiger partial charge >= 0.3 is 0 Å². The topological polar surface area (TPSA) is 69.0 Å². The van der Waals surface area contributed by atoms with Crippen molar-refractivity contribution >= 4 is 11.6 Å². The fraction of sp³-hybridized carbons (Fsp3) is 0.462. The zero-order valence-electron chi connectivity index (χ0n) is 10.8. The number of aromatic nitrogens is 1. The lowest BCUT2D eigenvalue weighted by atomic mass is 10.1. The number of anilines is 1. The molecule has 1 fully saturated rings. The number of nitriles is 1. The van der Waals surface area contributed by atoms with Crippen molar-refractivity contribution in [1.82, 2.24) is 10.3 Å². The van der Waals surface area contributed by atoms with Gasteiger partial charge in [-0.2, -0.15) is 5.26 Å². The summed E-state index contributed by atoms with van der Waals surface area (Å²) in [6.45, 7) is 6.88. The summed E-state index contributed by atoms with van der Waals surface area (Å²) in [5.74, 6) is -0.00254. The summed E-state index contributed by atoms with van der Waals surface area (Å²) in [7, 11) is 0. The van der Waals surface area contributed by atoms with E-state index in [4.69, 9.17) is 0 Å². The van der Waals surface area contributed by atoms with Gasteiger partial charge in [0, 0.05) is 18.8 Å². The summed E-state index contributed by atoms with van der Waals surface area (Å²) in [4.78, 5) is 18.0. The molecule has 1 aliphatic heterocycles. The molecule has 5 nitrogen and oxygen atoms in total. The van der Waals surface area contributed by atoms with Crippen LogP contribution in [-0.4, -0.2) is 30.0 Å². The Morgan fingerprint density at radius 3 is 2.94 bits per heavy atom. The van der Waals surface area contributed by atoms with E-state index in [1.54, 1.807) is 0 Å². The lowest BCUT2D eigenvalue weighted by Crippen LogP contribution is -2.54. The van der Waals surface area contributed by atoms with Gasteiger partial charge in [-0.05, 0) is 26.8 Å². The van der Waals surface area contributed by atoms with Crippen molar-refractivity contribution in [2.45, 2.75) is 26.8 Å². The van der Waals surface area contributed by atoms with Gasteiger partial charge in [0.25, 0.3) is 0 Å². The van der Waals surface area contributed by atoms with Gasteiger partial charge in [-0.25, -0.2) is 0 Å². The first-order valence-electron chi connectivity index (χ1n) is 5.97. The minimum absolute atomic E-state index is 0.00254. The number of nitrogens with one attached hydrogen (secondary N) is 1. The third kappa shape index (κ3) is 2.02. The van der Waals surface area contributed by atoms with Crippen molar-refractivity contribution in [2.24, 2.45) is 0 Å². The Kier molecular flexibility index (Phi) is 3.19. The number of hydrogen-bond donors (Lipinski definition) is 1. The van der Waals surface area contributed by atoms with Crippen LogP contribution in [0, 0.1) is 25.2 Å². The largest absolute Gasteiger partial charge is 0.357 e. The summed E-state index contributed by atoms with van der Waals surface area (Å²) >= 11 is 0. The molecular formula is C13H16N4O. The van der Waals surface area contributed by atoms with Crippen molar-refractivity contribution in [3.8, 4) is 6.07 Å². The molecule has 1 unspecified atom stereocenters. The minimum Gasteiger partial charge on any atom is -0.357 e. The molecule has 18 heavy (non-hydrogen) atoms. The summed E-state index contributed by atoms with van der Waals surface area (Å²) in [6, 6.07) is 3.81. The number of hydrogen-bond acceptors (Lipinski definition) is 4. The minimum atomic E-state index is -0.257. The lowest BCUT2D eigenvalue weighted by Gasteiger charge is -2.35. The smallest absolute Gasteiger partial charge is 0.242 e. The first-order valence-corrected chi connectivity index (χ1v) is 5.97. The molecule has 0 spiro atoms. The molecule has 1 amide bonds. The molecule has 0 aliphatic carbocycles. The molecule has 1 N–H and O–H groups in total. The van der Waals surface area contributed by atoms with Gasteiger partial charge < -0.3 is 10.2 Å². The van der Waals surface area contributed by atoms with Crippen LogP contribution in [0.2, 0.25) is 0 Å². The first kappa shape index (κ1) is 12.4. The molecule has 2 heterocycles. The third-order valence-corrected chi connectivity index (χ3v) is 3.23. The van der Waals surface area contributed by atoms with E-state index in [2.05, 4.69) is 16.4 Å². The van der Waals surface area contributed by atoms with Gasteiger partial charge in [0.05, 0.1) is 16.9 Å². The Morgan fingerprint density at radius 1 is 1.56 bits per heavy atom. The van der Waals surface area contributed by atoms with Crippen molar-refractivity contribution in [3.63, 3.8) is 0 Å². The Labute approximate surface area is 106 Å². The predicted octanol–water partition coefficient (Wildman–Crippen LogP) is 0.895. The van der Waals surface area contributed by atoms with Gasteiger partial charge in [-0.3, -0.25) is 9.78 Å². The number of carbonyl (C=O) groups excluding carboxylic acids is 1. The van der Waals surface area contributed by atoms with Crippen molar-refractivity contribution in [2.75, 3.05) is 18.0 Å². The van der Waals surface area contributed by atoms with Crippen LogP contribution in [0.15, 0.2) is 6.07 Å². The zero-order chi connectivity index (χ0) is 13.3. The molecule has 2 rings (SSSR count). The van der Waals surface area contributed by atoms with E-state index in [-0.39, 0.29) is 11.9 Å². The number of rotatable bonds is 1. The van der Waals surface area contributed by atoms with Crippen molar-refractivity contribution < 1.29 is 4.79 Å². The number of nitrogens with zero attached hydrogens (tertiary/aromatic N) is 3. The van der Waals surface area contributed by atoms with Crippen LogP contribution in [-0.2, 0) is 4.79 Å². The monoisotopic (exact) mass is 244 g/mol. The maximum atomic E-state index is 11.7. The van der Waals surface area contributed by atoms with Crippen LogP contribution in [0.5, 0.6) is 0 Å². The van der Waals surface area contributed by atoms with Gasteiger partial charge in [0.15, 0.2) is 0 Å². The number of piperazine rings is 1. The van der Waals surface area contributed by atoms with E-state index in [1.165, 1.54) is 0 Å². The quantitative estimate of drug-likeness (QED) is 0.796. The molecule has 0 saturated carbocycles. The fourth-order valence-electron chi connectivity index (χ4n) is 2.28. The Bertz CT molecular complexity index is 533. The Hall–Kier alpha value is -2.09. The maximum absolute atomic E-state index is 11.7. The second-order valence-corrected chi connectivity index (χ2v) is 4.52. The van der Waals surface area contributed by atoms with Crippen LogP contribution in [0.4, 0.5) is 5.69 Å². The van der Waals surface area contributed by atoms with Crippen LogP contribution < -0.4 is 10.2 Å². The molecule has 1 aromatic heterocycles. The van der Waals surface area contributed by atoms with E-state index < -0.39 is 0 Å². The normalized spacial score (nSPS) is 19.3. The molecule has 1 aromatic rings. The average Bonchev–Trinajstić information content (AvgIpc) is 2.32. The second kappa shape index (κ2) is 4.65. The molecule has 1 aliphatic rings. The lowest BCUT2D eigenvalue weighted by molar-refractivity contribution is -0.122. The van der Waals surface area contributed by atoms with Gasteiger partial charge in [0.2, 0.25) is 5.91 Å². The van der Waals surface area contributed by atoms with E-state index in [9.17, 15) is 10.1 Å². The highest BCUT2D eigenvalue weighted by atomic mass is 16.2. The standard InChI is InChI=1S/C13H16N4O/c1-8-6-12(11(7-14)9(2)16-8)17-5-4-15-13(18)10(17)3/h6,10H,4-5H2,1-3H3,(H,15,18). The van der Waals surface area contributed by atoms with Crippen LogP contribution >= 0.6 is 0 Å².